The predicted molar refractivity (Wildman–Crippen MR) is 126 cm³/mol. The second kappa shape index (κ2) is 9.12. The Morgan fingerprint density at radius 1 is 0.941 bits per heavy atom. The van der Waals surface area contributed by atoms with E-state index in [1.54, 1.807) is 0 Å². The van der Waals surface area contributed by atoms with Crippen molar-refractivity contribution in [3.63, 3.8) is 0 Å². The standard InChI is InChI=1S/C27H30N2O5/c30-24(28-23-12-6-5-11-21(23)25(31)32)15-27(13-14-27)29-26(33)34-16-22-19-9-3-1-7-17(19)18-8-2-4-10-20(18)22/h1-4,7-10,21-23H,5-6,11-16H2,(H,28,30)(H,29,33)(H,31,32)/t21-,23+/m1/s1. The Bertz CT molecular complexity index is 1060. The zero-order valence-corrected chi connectivity index (χ0v) is 19.1. The van der Waals surface area contributed by atoms with Gasteiger partial charge in [0.2, 0.25) is 5.91 Å². The Kier molecular flexibility index (Phi) is 6.02. The molecule has 2 fully saturated rings. The SMILES string of the molecule is O=C(CC1(NC(=O)OCC2c3ccccc3-c3ccccc32)CC1)N[C@H]1CCCC[C@H]1C(=O)O. The maximum Gasteiger partial charge on any atom is 0.407 e. The van der Waals surface area contributed by atoms with Gasteiger partial charge in [0.15, 0.2) is 0 Å². The van der Waals surface area contributed by atoms with Crippen LogP contribution in [0.2, 0.25) is 0 Å². The molecule has 3 N–H and O–H groups in total. The van der Waals surface area contributed by atoms with E-state index in [-0.39, 0.29) is 30.9 Å². The predicted octanol–water partition coefficient (Wildman–Crippen LogP) is 4.21. The Morgan fingerprint density at radius 2 is 1.56 bits per heavy atom. The summed E-state index contributed by atoms with van der Waals surface area (Å²) in [5.74, 6) is -1.63. The van der Waals surface area contributed by atoms with Crippen molar-refractivity contribution in [3.8, 4) is 11.1 Å². The minimum atomic E-state index is -0.858. The quantitative estimate of drug-likeness (QED) is 0.572. The van der Waals surface area contributed by atoms with Crippen LogP contribution in [-0.2, 0) is 14.3 Å². The van der Waals surface area contributed by atoms with Crippen molar-refractivity contribution in [2.45, 2.75) is 62.4 Å². The normalized spacial score (nSPS) is 22.2. The largest absolute Gasteiger partial charge is 0.481 e. The van der Waals surface area contributed by atoms with Gasteiger partial charge in [-0.05, 0) is 47.9 Å². The highest BCUT2D eigenvalue weighted by atomic mass is 16.5. The monoisotopic (exact) mass is 462 g/mol. The summed E-state index contributed by atoms with van der Waals surface area (Å²) in [5, 5.41) is 15.2. The minimum absolute atomic E-state index is 0.0177. The lowest BCUT2D eigenvalue weighted by Crippen LogP contribution is -2.48. The Labute approximate surface area is 198 Å². The third kappa shape index (κ3) is 4.52. The van der Waals surface area contributed by atoms with Gasteiger partial charge in [-0.2, -0.15) is 0 Å². The van der Waals surface area contributed by atoms with E-state index in [1.165, 1.54) is 11.1 Å². The Hall–Kier alpha value is -3.35. The molecule has 2 saturated carbocycles. The molecule has 2 aromatic rings. The first-order valence-electron chi connectivity index (χ1n) is 12.1. The van der Waals surface area contributed by atoms with E-state index in [0.717, 1.165) is 24.0 Å². The van der Waals surface area contributed by atoms with Gasteiger partial charge in [-0.1, -0.05) is 61.4 Å². The molecule has 2 amide bonds. The molecule has 0 bridgehead atoms. The first-order chi connectivity index (χ1) is 16.5. The zero-order chi connectivity index (χ0) is 23.7. The van der Waals surface area contributed by atoms with E-state index in [9.17, 15) is 19.5 Å². The fourth-order valence-electron chi connectivity index (χ4n) is 5.51. The van der Waals surface area contributed by atoms with Crippen molar-refractivity contribution < 1.29 is 24.2 Å². The number of alkyl carbamates (subject to hydrolysis) is 1. The van der Waals surface area contributed by atoms with Crippen LogP contribution in [0.1, 0.15) is 62.0 Å². The molecule has 178 valence electrons. The van der Waals surface area contributed by atoms with Crippen LogP contribution in [0.4, 0.5) is 4.79 Å². The van der Waals surface area contributed by atoms with Crippen LogP contribution in [0.25, 0.3) is 11.1 Å². The molecule has 34 heavy (non-hydrogen) atoms. The van der Waals surface area contributed by atoms with Crippen molar-refractivity contribution in [1.82, 2.24) is 10.6 Å². The lowest BCUT2D eigenvalue weighted by Gasteiger charge is -2.30. The molecule has 3 aliphatic carbocycles. The van der Waals surface area contributed by atoms with Gasteiger partial charge in [0.1, 0.15) is 6.61 Å². The van der Waals surface area contributed by atoms with E-state index in [1.807, 2.05) is 24.3 Å². The molecule has 0 spiro atoms. The van der Waals surface area contributed by atoms with Gasteiger partial charge in [0.25, 0.3) is 0 Å². The number of carboxylic acid groups (broad SMARTS) is 1. The van der Waals surface area contributed by atoms with Gasteiger partial charge < -0.3 is 20.5 Å². The molecule has 0 unspecified atom stereocenters. The van der Waals surface area contributed by atoms with Crippen LogP contribution in [0.15, 0.2) is 48.5 Å². The maximum atomic E-state index is 12.7. The molecule has 7 heteroatoms. The summed E-state index contributed by atoms with van der Waals surface area (Å²) >= 11 is 0. The van der Waals surface area contributed by atoms with Crippen molar-refractivity contribution in [3.05, 3.63) is 59.7 Å². The highest BCUT2D eigenvalue weighted by Crippen LogP contribution is 2.44. The van der Waals surface area contributed by atoms with Gasteiger partial charge >= 0.3 is 12.1 Å². The smallest absolute Gasteiger partial charge is 0.407 e. The molecule has 7 nitrogen and oxygen atoms in total. The molecule has 5 rings (SSSR count). The topological polar surface area (TPSA) is 105 Å². The molecule has 0 radical (unpaired) electrons. The summed E-state index contributed by atoms with van der Waals surface area (Å²) in [5.41, 5.74) is 4.05. The third-order valence-corrected chi connectivity index (χ3v) is 7.49. The summed E-state index contributed by atoms with van der Waals surface area (Å²) in [6, 6.07) is 16.0. The summed E-state index contributed by atoms with van der Waals surface area (Å²) in [6.45, 7) is 0.227. The molecule has 2 atom stereocenters. The lowest BCUT2D eigenvalue weighted by molar-refractivity contribution is -0.144. The van der Waals surface area contributed by atoms with Crippen molar-refractivity contribution in [2.24, 2.45) is 5.92 Å². The number of nitrogens with one attached hydrogen (secondary N) is 2. The fourth-order valence-corrected chi connectivity index (χ4v) is 5.51. The van der Waals surface area contributed by atoms with Gasteiger partial charge in [-0.3, -0.25) is 9.59 Å². The number of carboxylic acids is 1. The number of benzene rings is 2. The fraction of sp³-hybridized carbons (Fsp3) is 0.444. The summed E-state index contributed by atoms with van der Waals surface area (Å²) < 4.78 is 5.64. The van der Waals surface area contributed by atoms with Crippen LogP contribution in [0.5, 0.6) is 0 Å². The molecule has 2 aromatic carbocycles. The second-order valence-electron chi connectivity index (χ2n) is 9.81. The van der Waals surface area contributed by atoms with E-state index >= 15 is 0 Å². The number of hydrogen-bond acceptors (Lipinski definition) is 4. The first-order valence-corrected chi connectivity index (χ1v) is 12.1. The first kappa shape index (κ1) is 22.4. The molecule has 3 aliphatic rings. The van der Waals surface area contributed by atoms with Crippen LogP contribution in [0.3, 0.4) is 0 Å². The van der Waals surface area contributed by atoms with Crippen LogP contribution in [-0.4, -0.2) is 41.3 Å². The number of ether oxygens (including phenoxy) is 1. The number of carbonyl (C=O) groups is 3. The lowest BCUT2D eigenvalue weighted by atomic mass is 9.84. The van der Waals surface area contributed by atoms with Gasteiger partial charge in [-0.15, -0.1) is 0 Å². The molecule has 0 aromatic heterocycles. The van der Waals surface area contributed by atoms with Gasteiger partial charge in [-0.25, -0.2) is 4.79 Å². The van der Waals surface area contributed by atoms with Crippen molar-refractivity contribution in [1.29, 1.82) is 0 Å². The maximum absolute atomic E-state index is 12.7. The number of hydrogen-bond donors (Lipinski definition) is 3. The van der Waals surface area contributed by atoms with E-state index in [4.69, 9.17) is 4.74 Å². The van der Waals surface area contributed by atoms with Crippen molar-refractivity contribution >= 4 is 18.0 Å². The van der Waals surface area contributed by atoms with Crippen LogP contribution >= 0.6 is 0 Å². The molecular weight excluding hydrogens is 432 g/mol. The van der Waals surface area contributed by atoms with Gasteiger partial charge in [0, 0.05) is 18.4 Å². The number of rotatable bonds is 7. The number of fused-ring (bicyclic) bond motifs is 3. The molecule has 0 heterocycles. The average Bonchev–Trinajstić information content (AvgIpc) is 3.49. The van der Waals surface area contributed by atoms with E-state index in [2.05, 4.69) is 34.9 Å². The summed E-state index contributed by atoms with van der Waals surface area (Å²) in [4.78, 5) is 36.8. The number of amides is 2. The average molecular weight is 463 g/mol. The van der Waals surface area contributed by atoms with Gasteiger partial charge in [0.05, 0.1) is 11.5 Å². The molecular formula is C27H30N2O5. The highest BCUT2D eigenvalue weighted by molar-refractivity contribution is 5.81. The minimum Gasteiger partial charge on any atom is -0.481 e. The van der Waals surface area contributed by atoms with Crippen molar-refractivity contribution in [2.75, 3.05) is 6.61 Å². The summed E-state index contributed by atoms with van der Waals surface area (Å²) in [6.07, 6.45) is 4.08. The van der Waals surface area contributed by atoms with E-state index in [0.29, 0.717) is 25.7 Å². The molecule has 0 aliphatic heterocycles. The second-order valence-corrected chi connectivity index (χ2v) is 9.81. The zero-order valence-electron chi connectivity index (χ0n) is 19.1. The van der Waals surface area contributed by atoms with E-state index < -0.39 is 23.5 Å². The highest BCUT2D eigenvalue weighted by Gasteiger charge is 2.47. The number of carbonyl (C=O) groups excluding carboxylic acids is 2. The number of aliphatic carboxylic acids is 1. The Balaban J connectivity index is 1.16. The molecule has 0 saturated heterocycles. The summed E-state index contributed by atoms with van der Waals surface area (Å²) in [7, 11) is 0. The third-order valence-electron chi connectivity index (χ3n) is 7.49. The Morgan fingerprint density at radius 3 is 2.18 bits per heavy atom. The van der Waals surface area contributed by atoms with Crippen LogP contribution < -0.4 is 10.6 Å². The van der Waals surface area contributed by atoms with Crippen LogP contribution in [0, 0.1) is 5.92 Å².